The van der Waals surface area contributed by atoms with Crippen molar-refractivity contribution in [3.63, 3.8) is 0 Å². The molecule has 0 aliphatic carbocycles. The molecule has 224 valence electrons. The number of aromatic nitrogens is 4. The number of nitrogens with one attached hydrogen (secondary N) is 1. The third-order valence-electron chi connectivity index (χ3n) is 6.79. The van der Waals surface area contributed by atoms with Crippen molar-refractivity contribution >= 4 is 40.3 Å². The van der Waals surface area contributed by atoms with Crippen molar-refractivity contribution < 1.29 is 35.6 Å². The van der Waals surface area contributed by atoms with Crippen LogP contribution in [0.4, 0.5) is 26.3 Å². The van der Waals surface area contributed by atoms with Crippen LogP contribution in [0.5, 0.6) is 0 Å². The number of nitrogens with zero attached hydrogens (tertiary/aromatic N) is 6. The first-order valence-corrected chi connectivity index (χ1v) is 13.9. The molecule has 1 amide bonds. The average Bonchev–Trinajstić information content (AvgIpc) is 3.68. The normalized spacial score (nSPS) is 18.5. The van der Waals surface area contributed by atoms with E-state index in [9.17, 15) is 31.1 Å². The van der Waals surface area contributed by atoms with Crippen molar-refractivity contribution in [3.05, 3.63) is 57.9 Å². The molecular formula is C25H23F6N7O2S2. The number of carbonyl (C=O) groups is 1. The number of benzene rings is 1. The van der Waals surface area contributed by atoms with Crippen molar-refractivity contribution in [3.8, 4) is 11.3 Å². The molecule has 1 aromatic carbocycles. The number of H-pyrrole nitrogens is 1. The fraction of sp³-hybridized carbons (Fsp3) is 0.400. The molecule has 0 unspecified atom stereocenters. The first kappa shape index (κ1) is 30.2. The number of alkyl halides is 6. The standard InChI is InChI=1S/C25H23F6N7O2S2/c26-24(27,28)16-11-15(12-17(13-16)25(29,30)31)19-2-1-18(40-19)14-20-22(39)38(23(41)42-20)10-9-37-7-5-36(6-8-37)4-3-21-32-34-35-33-21/h1-2,11-14H,3-10H2,(H,32,33,34,35). The van der Waals surface area contributed by atoms with Gasteiger partial charge in [0.1, 0.15) is 15.8 Å². The van der Waals surface area contributed by atoms with Gasteiger partial charge in [0.05, 0.1) is 16.0 Å². The summed E-state index contributed by atoms with van der Waals surface area (Å²) in [4.78, 5) is 19.3. The Morgan fingerprint density at radius 2 is 1.60 bits per heavy atom. The molecule has 4 heterocycles. The van der Waals surface area contributed by atoms with Crippen molar-refractivity contribution in [2.75, 3.05) is 45.8 Å². The third kappa shape index (κ3) is 7.19. The second-order valence-electron chi connectivity index (χ2n) is 9.59. The maximum Gasteiger partial charge on any atom is 0.416 e. The number of hydrogen-bond acceptors (Lipinski definition) is 9. The van der Waals surface area contributed by atoms with Crippen LogP contribution in [0.2, 0.25) is 0 Å². The lowest BCUT2D eigenvalue weighted by molar-refractivity contribution is -0.143. The largest absolute Gasteiger partial charge is 0.457 e. The van der Waals surface area contributed by atoms with Crippen molar-refractivity contribution in [1.82, 2.24) is 35.3 Å². The monoisotopic (exact) mass is 631 g/mol. The minimum absolute atomic E-state index is 0.0525. The second kappa shape index (κ2) is 12.1. The summed E-state index contributed by atoms with van der Waals surface area (Å²) in [5.74, 6) is 0.204. The van der Waals surface area contributed by atoms with Crippen LogP contribution >= 0.6 is 24.0 Å². The summed E-state index contributed by atoms with van der Waals surface area (Å²) in [6, 6.07) is 3.85. The Kier molecular flexibility index (Phi) is 8.73. The van der Waals surface area contributed by atoms with E-state index in [-0.39, 0.29) is 34.0 Å². The lowest BCUT2D eigenvalue weighted by atomic mass is 10.0. The molecule has 0 atom stereocenters. The highest BCUT2D eigenvalue weighted by Crippen LogP contribution is 2.39. The highest BCUT2D eigenvalue weighted by molar-refractivity contribution is 8.26. The zero-order chi connectivity index (χ0) is 30.1. The summed E-state index contributed by atoms with van der Waals surface area (Å²) in [5, 5.41) is 13.9. The number of thiocarbonyl (C=S) groups is 1. The molecule has 42 heavy (non-hydrogen) atoms. The van der Waals surface area contributed by atoms with Gasteiger partial charge < -0.3 is 9.32 Å². The van der Waals surface area contributed by atoms with E-state index >= 15 is 0 Å². The Bertz CT molecular complexity index is 1430. The molecular weight excluding hydrogens is 608 g/mol. The molecule has 9 nitrogen and oxygen atoms in total. The van der Waals surface area contributed by atoms with Gasteiger partial charge in [-0.05, 0) is 30.3 Å². The number of carbonyl (C=O) groups excluding carboxylic acids is 1. The van der Waals surface area contributed by atoms with Crippen LogP contribution < -0.4 is 0 Å². The third-order valence-corrected chi connectivity index (χ3v) is 8.17. The van der Waals surface area contributed by atoms with E-state index in [1.54, 1.807) is 0 Å². The average molecular weight is 632 g/mol. The summed E-state index contributed by atoms with van der Waals surface area (Å²) in [7, 11) is 0. The van der Waals surface area contributed by atoms with Gasteiger partial charge in [-0.15, -0.1) is 10.2 Å². The summed E-state index contributed by atoms with van der Waals surface area (Å²) >= 11 is 6.44. The highest BCUT2D eigenvalue weighted by atomic mass is 32.2. The number of tetrazole rings is 1. The molecule has 0 bridgehead atoms. The predicted octanol–water partition coefficient (Wildman–Crippen LogP) is 4.56. The Hall–Kier alpha value is -3.28. The van der Waals surface area contributed by atoms with Crippen molar-refractivity contribution in [2.24, 2.45) is 0 Å². The van der Waals surface area contributed by atoms with Gasteiger partial charge in [0.2, 0.25) is 0 Å². The fourth-order valence-electron chi connectivity index (χ4n) is 4.53. The second-order valence-corrected chi connectivity index (χ2v) is 11.3. The van der Waals surface area contributed by atoms with E-state index in [4.69, 9.17) is 16.6 Å². The number of hydrogen-bond donors (Lipinski definition) is 1. The van der Waals surface area contributed by atoms with Gasteiger partial charge in [-0.25, -0.2) is 0 Å². The predicted molar refractivity (Wildman–Crippen MR) is 145 cm³/mol. The first-order chi connectivity index (χ1) is 19.9. The molecule has 2 saturated heterocycles. The molecule has 5 rings (SSSR count). The van der Waals surface area contributed by atoms with Crippen LogP contribution in [0.25, 0.3) is 17.4 Å². The van der Waals surface area contributed by atoms with Crippen LogP contribution in [-0.2, 0) is 23.6 Å². The van der Waals surface area contributed by atoms with Gasteiger partial charge in [-0.1, -0.05) is 29.2 Å². The van der Waals surface area contributed by atoms with Gasteiger partial charge in [-0.2, -0.15) is 31.6 Å². The van der Waals surface area contributed by atoms with Crippen LogP contribution in [0.1, 0.15) is 22.7 Å². The highest BCUT2D eigenvalue weighted by Gasteiger charge is 2.37. The number of piperazine rings is 1. The lowest BCUT2D eigenvalue weighted by Crippen LogP contribution is -2.49. The van der Waals surface area contributed by atoms with Crippen LogP contribution in [0, 0.1) is 0 Å². The van der Waals surface area contributed by atoms with Gasteiger partial charge in [-0.3, -0.25) is 14.6 Å². The van der Waals surface area contributed by atoms with E-state index in [0.717, 1.165) is 44.5 Å². The van der Waals surface area contributed by atoms with Crippen molar-refractivity contribution in [1.29, 1.82) is 0 Å². The molecule has 2 aliphatic rings. The van der Waals surface area contributed by atoms with Gasteiger partial charge >= 0.3 is 12.4 Å². The molecule has 17 heteroatoms. The molecule has 2 aromatic heterocycles. The number of rotatable bonds is 8. The summed E-state index contributed by atoms with van der Waals surface area (Å²) in [6.45, 7) is 5.15. The maximum atomic E-state index is 13.2. The Balaban J connectivity index is 1.19. The minimum atomic E-state index is -4.98. The minimum Gasteiger partial charge on any atom is -0.457 e. The zero-order valence-corrected chi connectivity index (χ0v) is 23.3. The number of furan rings is 1. The molecule has 0 saturated carbocycles. The summed E-state index contributed by atoms with van der Waals surface area (Å²) in [5.41, 5.74) is -3.29. The van der Waals surface area contributed by atoms with Crippen molar-refractivity contribution in [2.45, 2.75) is 18.8 Å². The Morgan fingerprint density at radius 1 is 0.952 bits per heavy atom. The maximum absolute atomic E-state index is 13.2. The van der Waals surface area contributed by atoms with E-state index in [1.165, 1.54) is 23.1 Å². The molecule has 0 radical (unpaired) electrons. The zero-order valence-electron chi connectivity index (χ0n) is 21.7. The van der Waals surface area contributed by atoms with Crippen LogP contribution in [0.15, 0.2) is 39.7 Å². The molecule has 2 aliphatic heterocycles. The van der Waals surface area contributed by atoms with E-state index in [1.807, 2.05) is 0 Å². The van der Waals surface area contributed by atoms with Crippen LogP contribution in [0.3, 0.4) is 0 Å². The number of thioether (sulfide) groups is 1. The Morgan fingerprint density at radius 3 is 2.19 bits per heavy atom. The molecule has 0 spiro atoms. The molecule has 1 N–H and O–H groups in total. The van der Waals surface area contributed by atoms with Gasteiger partial charge in [0.25, 0.3) is 5.91 Å². The quantitative estimate of drug-likeness (QED) is 0.218. The summed E-state index contributed by atoms with van der Waals surface area (Å²) in [6.07, 6.45) is -7.89. The van der Waals surface area contributed by atoms with E-state index in [0.29, 0.717) is 41.8 Å². The number of amides is 1. The molecule has 3 aromatic rings. The first-order valence-electron chi connectivity index (χ1n) is 12.7. The lowest BCUT2D eigenvalue weighted by Gasteiger charge is -2.35. The molecule has 2 fully saturated rings. The summed E-state index contributed by atoms with van der Waals surface area (Å²) < 4.78 is 85.4. The van der Waals surface area contributed by atoms with Gasteiger partial charge in [0, 0.05) is 63.9 Å². The SMILES string of the molecule is O=C1C(=Cc2ccc(-c3cc(C(F)(F)F)cc(C(F)(F)F)c3)o2)SC(=S)N1CCN1CCN(CCc2nn[nH]n2)CC1. The van der Waals surface area contributed by atoms with E-state index in [2.05, 4.69) is 30.4 Å². The topological polar surface area (TPSA) is 94.4 Å². The smallest absolute Gasteiger partial charge is 0.416 e. The Labute approximate surface area is 244 Å². The van der Waals surface area contributed by atoms with Crippen LogP contribution in [-0.4, -0.2) is 91.4 Å². The number of aromatic amines is 1. The fourth-order valence-corrected chi connectivity index (χ4v) is 5.82. The van der Waals surface area contributed by atoms with Gasteiger partial charge in [0.15, 0.2) is 5.82 Å². The number of halogens is 6. The van der Waals surface area contributed by atoms with E-state index < -0.39 is 23.5 Å².